The van der Waals surface area contributed by atoms with Gasteiger partial charge in [-0.25, -0.2) is 4.98 Å². The van der Waals surface area contributed by atoms with Gasteiger partial charge in [-0.2, -0.15) is 0 Å². The fraction of sp³-hybridized carbons (Fsp3) is 0.118. The summed E-state index contributed by atoms with van der Waals surface area (Å²) in [6.07, 6.45) is 0.893. The Morgan fingerprint density at radius 1 is 1.14 bits per heavy atom. The van der Waals surface area contributed by atoms with Gasteiger partial charge in [-0.1, -0.05) is 12.1 Å². The number of anilines is 1. The molecule has 1 heterocycles. The van der Waals surface area contributed by atoms with Crippen LogP contribution in [0.1, 0.15) is 16.0 Å². The van der Waals surface area contributed by atoms with Gasteiger partial charge < -0.3 is 10.5 Å². The molecule has 0 fully saturated rings. The molecule has 0 bridgehead atoms. The minimum atomic E-state index is 0.644. The van der Waals surface area contributed by atoms with Gasteiger partial charge in [0.25, 0.3) is 0 Å². The number of aryl methyl sites for hydroxylation is 1. The van der Waals surface area contributed by atoms with Crippen LogP contribution < -0.4 is 10.5 Å². The molecule has 3 aromatic rings. The van der Waals surface area contributed by atoms with Crippen molar-refractivity contribution in [2.24, 2.45) is 0 Å². The third kappa shape index (κ3) is 2.17. The van der Waals surface area contributed by atoms with E-state index in [1.54, 1.807) is 11.3 Å². The summed E-state index contributed by atoms with van der Waals surface area (Å²) in [5, 5.41) is 0.644. The first-order chi connectivity index (χ1) is 10.2. The van der Waals surface area contributed by atoms with Crippen LogP contribution in [0.5, 0.6) is 11.5 Å². The molecule has 1 aliphatic carbocycles. The van der Waals surface area contributed by atoms with Gasteiger partial charge in [-0.3, -0.25) is 0 Å². The van der Waals surface area contributed by atoms with Crippen molar-refractivity contribution in [3.8, 4) is 22.8 Å². The average Bonchev–Trinajstić information content (AvgIpc) is 2.94. The van der Waals surface area contributed by atoms with Crippen LogP contribution in [0.3, 0.4) is 0 Å². The number of hydrogen-bond acceptors (Lipinski definition) is 4. The van der Waals surface area contributed by atoms with Crippen LogP contribution in [0.15, 0.2) is 42.5 Å². The van der Waals surface area contributed by atoms with Crippen molar-refractivity contribution < 1.29 is 4.74 Å². The lowest BCUT2D eigenvalue weighted by atomic mass is 10.1. The van der Waals surface area contributed by atoms with E-state index in [-0.39, 0.29) is 0 Å². The van der Waals surface area contributed by atoms with Crippen LogP contribution in [0.4, 0.5) is 5.13 Å². The maximum absolute atomic E-state index is 5.94. The topological polar surface area (TPSA) is 48.1 Å². The number of hydrogen-bond donors (Lipinski definition) is 1. The maximum atomic E-state index is 5.94. The highest BCUT2D eigenvalue weighted by molar-refractivity contribution is 7.15. The minimum absolute atomic E-state index is 0.644. The summed E-state index contributed by atoms with van der Waals surface area (Å²) in [6, 6.07) is 14.2. The Balaban J connectivity index is 1.66. The number of thiazole rings is 1. The van der Waals surface area contributed by atoms with Crippen molar-refractivity contribution >= 4 is 16.5 Å². The normalized spacial score (nSPS) is 12.0. The minimum Gasteiger partial charge on any atom is -0.457 e. The molecule has 0 atom stereocenters. The van der Waals surface area contributed by atoms with Crippen LogP contribution in [0, 0.1) is 6.92 Å². The zero-order valence-corrected chi connectivity index (χ0v) is 12.4. The van der Waals surface area contributed by atoms with E-state index in [1.165, 1.54) is 21.6 Å². The van der Waals surface area contributed by atoms with E-state index in [0.29, 0.717) is 5.13 Å². The molecule has 3 nitrogen and oxygen atoms in total. The Bertz CT molecular complexity index is 839. The Labute approximate surface area is 127 Å². The monoisotopic (exact) mass is 294 g/mol. The Morgan fingerprint density at radius 2 is 2.00 bits per heavy atom. The fourth-order valence-corrected chi connectivity index (χ4v) is 3.57. The largest absolute Gasteiger partial charge is 0.457 e. The van der Waals surface area contributed by atoms with Gasteiger partial charge in [0.1, 0.15) is 11.5 Å². The number of rotatable bonds is 2. The standard InChI is InChI=1S/C17H14N2OS/c1-10-3-2-4-12(7-10)20-13-5-6-14-11(8-13)9-15-16(14)19-17(18)21-15/h2-8H,9H2,1H3,(H2,18,19). The highest BCUT2D eigenvalue weighted by Gasteiger charge is 2.23. The van der Waals surface area contributed by atoms with Crippen LogP contribution in [-0.2, 0) is 6.42 Å². The highest BCUT2D eigenvalue weighted by atomic mass is 32.1. The van der Waals surface area contributed by atoms with Crippen molar-refractivity contribution in [1.29, 1.82) is 0 Å². The molecule has 1 aromatic heterocycles. The van der Waals surface area contributed by atoms with Crippen molar-refractivity contribution in [3.63, 3.8) is 0 Å². The lowest BCUT2D eigenvalue weighted by Crippen LogP contribution is -1.88. The molecule has 0 unspecified atom stereocenters. The second kappa shape index (κ2) is 4.60. The van der Waals surface area contributed by atoms with E-state index >= 15 is 0 Å². The van der Waals surface area contributed by atoms with E-state index < -0.39 is 0 Å². The van der Waals surface area contributed by atoms with Gasteiger partial charge in [-0.15, -0.1) is 11.3 Å². The number of nitrogens with zero attached hydrogens (tertiary/aromatic N) is 1. The van der Waals surface area contributed by atoms with E-state index in [9.17, 15) is 0 Å². The molecular formula is C17H14N2OS. The lowest BCUT2D eigenvalue weighted by molar-refractivity contribution is 0.482. The molecule has 0 saturated heterocycles. The van der Waals surface area contributed by atoms with E-state index in [4.69, 9.17) is 10.5 Å². The summed E-state index contributed by atoms with van der Waals surface area (Å²) < 4.78 is 5.94. The van der Waals surface area contributed by atoms with Crippen molar-refractivity contribution in [2.75, 3.05) is 5.73 Å². The Morgan fingerprint density at radius 3 is 2.86 bits per heavy atom. The zero-order chi connectivity index (χ0) is 14.4. The molecule has 0 saturated carbocycles. The molecule has 0 aliphatic heterocycles. The molecule has 2 aromatic carbocycles. The fourth-order valence-electron chi connectivity index (χ4n) is 2.70. The second-order valence-electron chi connectivity index (χ2n) is 5.24. The first-order valence-corrected chi connectivity index (χ1v) is 7.64. The zero-order valence-electron chi connectivity index (χ0n) is 11.6. The molecule has 1 aliphatic rings. The summed E-state index contributed by atoms with van der Waals surface area (Å²) in [5.74, 6) is 1.73. The van der Waals surface area contributed by atoms with Crippen LogP contribution in [-0.4, -0.2) is 4.98 Å². The van der Waals surface area contributed by atoms with Crippen LogP contribution in [0.25, 0.3) is 11.3 Å². The predicted molar refractivity (Wildman–Crippen MR) is 86.0 cm³/mol. The summed E-state index contributed by atoms with van der Waals surface area (Å²) in [7, 11) is 0. The first-order valence-electron chi connectivity index (χ1n) is 6.82. The van der Waals surface area contributed by atoms with E-state index in [1.807, 2.05) is 24.3 Å². The summed E-state index contributed by atoms with van der Waals surface area (Å²) in [5.41, 5.74) is 10.4. The van der Waals surface area contributed by atoms with Gasteiger partial charge in [0, 0.05) is 16.9 Å². The van der Waals surface area contributed by atoms with Crippen LogP contribution >= 0.6 is 11.3 Å². The van der Waals surface area contributed by atoms with Crippen LogP contribution in [0.2, 0.25) is 0 Å². The number of benzene rings is 2. The number of nitrogens with two attached hydrogens (primary N) is 1. The molecule has 21 heavy (non-hydrogen) atoms. The number of nitrogen functional groups attached to an aromatic ring is 1. The molecule has 0 spiro atoms. The number of fused-ring (bicyclic) bond motifs is 3. The van der Waals surface area contributed by atoms with E-state index in [0.717, 1.165) is 23.6 Å². The third-order valence-electron chi connectivity index (χ3n) is 3.62. The molecular weight excluding hydrogens is 280 g/mol. The first kappa shape index (κ1) is 12.4. The Hall–Kier alpha value is -2.33. The highest BCUT2D eigenvalue weighted by Crippen LogP contribution is 2.41. The predicted octanol–water partition coefficient (Wildman–Crippen LogP) is 4.40. The quantitative estimate of drug-likeness (QED) is 0.596. The van der Waals surface area contributed by atoms with Gasteiger partial charge >= 0.3 is 0 Å². The van der Waals surface area contributed by atoms with Crippen molar-refractivity contribution in [2.45, 2.75) is 13.3 Å². The number of ether oxygens (including phenoxy) is 1. The lowest BCUT2D eigenvalue weighted by Gasteiger charge is -2.08. The summed E-state index contributed by atoms with van der Waals surface area (Å²) in [6.45, 7) is 2.06. The summed E-state index contributed by atoms with van der Waals surface area (Å²) >= 11 is 1.57. The van der Waals surface area contributed by atoms with Crippen molar-refractivity contribution in [3.05, 3.63) is 58.5 Å². The Kier molecular flexibility index (Phi) is 2.72. The van der Waals surface area contributed by atoms with E-state index in [2.05, 4.69) is 30.1 Å². The molecule has 0 radical (unpaired) electrons. The molecule has 0 amide bonds. The maximum Gasteiger partial charge on any atom is 0.180 e. The van der Waals surface area contributed by atoms with Gasteiger partial charge in [0.15, 0.2) is 5.13 Å². The third-order valence-corrected chi connectivity index (χ3v) is 4.51. The second-order valence-corrected chi connectivity index (χ2v) is 6.35. The summed E-state index contributed by atoms with van der Waals surface area (Å²) in [4.78, 5) is 5.66. The molecule has 2 N–H and O–H groups in total. The van der Waals surface area contributed by atoms with Gasteiger partial charge in [0.2, 0.25) is 0 Å². The molecule has 4 heteroatoms. The van der Waals surface area contributed by atoms with Crippen molar-refractivity contribution in [1.82, 2.24) is 4.98 Å². The average molecular weight is 294 g/mol. The SMILES string of the molecule is Cc1cccc(Oc2ccc3c(c2)Cc2sc(N)nc2-3)c1. The number of aromatic nitrogens is 1. The smallest absolute Gasteiger partial charge is 0.180 e. The van der Waals surface area contributed by atoms with Gasteiger partial charge in [-0.05, 0) is 48.4 Å². The van der Waals surface area contributed by atoms with Gasteiger partial charge in [0.05, 0.1) is 5.69 Å². The molecule has 4 rings (SSSR count). The molecule has 104 valence electrons.